The van der Waals surface area contributed by atoms with Crippen LogP contribution in [0.3, 0.4) is 0 Å². The highest BCUT2D eigenvalue weighted by Crippen LogP contribution is 2.30. The summed E-state index contributed by atoms with van der Waals surface area (Å²) in [6, 6.07) is 8.14. The molecule has 6 heteroatoms. The second-order valence-corrected chi connectivity index (χ2v) is 7.54. The van der Waals surface area contributed by atoms with Gasteiger partial charge in [-0.2, -0.15) is 5.10 Å². The maximum Gasteiger partial charge on any atom is 0.252 e. The third kappa shape index (κ3) is 3.35. The molecule has 1 aliphatic carbocycles. The zero-order chi connectivity index (χ0) is 19.7. The number of nitrogens with zero attached hydrogens (tertiary/aromatic N) is 3. The Balaban J connectivity index is 1.56. The van der Waals surface area contributed by atoms with E-state index in [1.807, 2.05) is 28.9 Å². The predicted molar refractivity (Wildman–Crippen MR) is 109 cm³/mol. The summed E-state index contributed by atoms with van der Waals surface area (Å²) in [5, 5.41) is 8.44. The minimum Gasteiger partial charge on any atom is -0.497 e. The number of nitrogens with one attached hydrogen (secondary N) is 1. The van der Waals surface area contributed by atoms with E-state index >= 15 is 0 Å². The molecular weight excluding hydrogens is 352 g/mol. The number of fused-ring (bicyclic) bond motifs is 2. The van der Waals surface area contributed by atoms with Gasteiger partial charge in [0.15, 0.2) is 5.65 Å². The van der Waals surface area contributed by atoms with E-state index in [1.54, 1.807) is 13.3 Å². The number of amides is 1. The van der Waals surface area contributed by atoms with Crippen LogP contribution >= 0.6 is 0 Å². The fraction of sp³-hybridized carbons (Fsp3) is 0.409. The van der Waals surface area contributed by atoms with E-state index in [1.165, 1.54) is 5.56 Å². The molecule has 1 aromatic carbocycles. The summed E-state index contributed by atoms with van der Waals surface area (Å²) in [4.78, 5) is 17.9. The lowest BCUT2D eigenvalue weighted by molar-refractivity contribution is 0.0955. The van der Waals surface area contributed by atoms with Crippen LogP contribution in [0.1, 0.15) is 53.5 Å². The van der Waals surface area contributed by atoms with Gasteiger partial charge in [-0.05, 0) is 62.8 Å². The van der Waals surface area contributed by atoms with Gasteiger partial charge in [0.1, 0.15) is 5.75 Å². The molecular formula is C22H26N4O2. The maximum atomic E-state index is 13.1. The lowest BCUT2D eigenvalue weighted by atomic mass is 10.0. The zero-order valence-electron chi connectivity index (χ0n) is 16.7. The van der Waals surface area contributed by atoms with E-state index in [0.29, 0.717) is 6.54 Å². The number of hydrogen-bond donors (Lipinski definition) is 1. The summed E-state index contributed by atoms with van der Waals surface area (Å²) in [5.41, 5.74) is 4.89. The second kappa shape index (κ2) is 7.62. The molecule has 0 atom stereocenters. The van der Waals surface area contributed by atoms with Gasteiger partial charge in [-0.3, -0.25) is 4.79 Å². The summed E-state index contributed by atoms with van der Waals surface area (Å²) < 4.78 is 7.09. The number of aromatic nitrogens is 3. The predicted octanol–water partition coefficient (Wildman–Crippen LogP) is 3.48. The van der Waals surface area contributed by atoms with Crippen LogP contribution in [0, 0.1) is 0 Å². The van der Waals surface area contributed by atoms with Crippen molar-refractivity contribution >= 4 is 16.9 Å². The molecule has 2 heterocycles. The van der Waals surface area contributed by atoms with Crippen LogP contribution in [0.25, 0.3) is 11.0 Å². The quantitative estimate of drug-likeness (QED) is 0.713. The number of ether oxygens (including phenoxy) is 1. The summed E-state index contributed by atoms with van der Waals surface area (Å²) in [5.74, 6) is 0.812. The van der Waals surface area contributed by atoms with Crippen molar-refractivity contribution in [1.82, 2.24) is 20.1 Å². The molecule has 4 rings (SSSR count). The molecule has 3 aromatic rings. The van der Waals surface area contributed by atoms with Crippen LogP contribution in [0.2, 0.25) is 0 Å². The first-order valence-electron chi connectivity index (χ1n) is 9.88. The summed E-state index contributed by atoms with van der Waals surface area (Å²) >= 11 is 0. The first-order valence-corrected chi connectivity index (χ1v) is 9.88. The maximum absolute atomic E-state index is 13.1. The Morgan fingerprint density at radius 3 is 2.75 bits per heavy atom. The zero-order valence-corrected chi connectivity index (χ0v) is 16.7. The van der Waals surface area contributed by atoms with Crippen LogP contribution in [-0.4, -0.2) is 34.3 Å². The average Bonchev–Trinajstić information content (AvgIpc) is 3.33. The van der Waals surface area contributed by atoms with Crippen molar-refractivity contribution in [3.05, 3.63) is 52.8 Å². The highest BCUT2D eigenvalue weighted by Gasteiger charge is 2.26. The van der Waals surface area contributed by atoms with Gasteiger partial charge in [-0.15, -0.1) is 0 Å². The molecule has 0 unspecified atom stereocenters. The van der Waals surface area contributed by atoms with Crippen molar-refractivity contribution in [3.8, 4) is 5.75 Å². The Morgan fingerprint density at radius 2 is 2.04 bits per heavy atom. The molecule has 1 amide bonds. The number of carbonyl (C=O) groups is 1. The van der Waals surface area contributed by atoms with Gasteiger partial charge >= 0.3 is 0 Å². The van der Waals surface area contributed by atoms with Crippen molar-refractivity contribution in [1.29, 1.82) is 0 Å². The van der Waals surface area contributed by atoms with E-state index in [9.17, 15) is 4.79 Å². The van der Waals surface area contributed by atoms with Gasteiger partial charge < -0.3 is 10.1 Å². The van der Waals surface area contributed by atoms with Gasteiger partial charge in [-0.25, -0.2) is 9.67 Å². The van der Waals surface area contributed by atoms with E-state index < -0.39 is 0 Å². The molecule has 0 spiro atoms. The third-order valence-electron chi connectivity index (χ3n) is 5.34. The minimum absolute atomic E-state index is 0.0256. The third-order valence-corrected chi connectivity index (χ3v) is 5.34. The summed E-state index contributed by atoms with van der Waals surface area (Å²) in [7, 11) is 1.66. The van der Waals surface area contributed by atoms with Gasteiger partial charge in [0.05, 0.1) is 24.3 Å². The van der Waals surface area contributed by atoms with Crippen LogP contribution in [0.4, 0.5) is 0 Å². The standard InChI is InChI=1S/C22H26N4O2/c1-14(2)26-21-18(13-24-26)20(17-5-4-6-19(17)25-21)22(27)23-12-11-15-7-9-16(28-3)10-8-15/h7-10,13-14H,4-6,11-12H2,1-3H3,(H,23,27). The fourth-order valence-corrected chi connectivity index (χ4v) is 3.89. The number of carbonyl (C=O) groups excluding carboxylic acids is 1. The lowest BCUT2D eigenvalue weighted by Gasteiger charge is -2.12. The summed E-state index contributed by atoms with van der Waals surface area (Å²) in [6.45, 7) is 4.74. The number of hydrogen-bond acceptors (Lipinski definition) is 4. The minimum atomic E-state index is -0.0256. The Hall–Kier alpha value is -2.89. The average molecular weight is 378 g/mol. The number of benzene rings is 1. The van der Waals surface area contributed by atoms with Gasteiger partial charge in [-0.1, -0.05) is 12.1 Å². The molecule has 0 radical (unpaired) electrons. The van der Waals surface area contributed by atoms with E-state index in [-0.39, 0.29) is 11.9 Å². The van der Waals surface area contributed by atoms with Gasteiger partial charge in [0.25, 0.3) is 5.91 Å². The molecule has 0 saturated heterocycles. The largest absolute Gasteiger partial charge is 0.497 e. The topological polar surface area (TPSA) is 69.0 Å². The van der Waals surface area contributed by atoms with Crippen molar-refractivity contribution < 1.29 is 9.53 Å². The number of pyridine rings is 1. The number of rotatable bonds is 6. The smallest absolute Gasteiger partial charge is 0.252 e. The fourth-order valence-electron chi connectivity index (χ4n) is 3.89. The molecule has 0 saturated carbocycles. The van der Waals surface area contributed by atoms with Crippen LogP contribution in [0.15, 0.2) is 30.5 Å². The SMILES string of the molecule is COc1ccc(CCNC(=O)c2c3c(nc4c2cnn4C(C)C)CCC3)cc1. The first kappa shape index (κ1) is 18.5. The second-order valence-electron chi connectivity index (χ2n) is 7.54. The van der Waals surface area contributed by atoms with E-state index in [0.717, 1.165) is 59.3 Å². The van der Waals surface area contributed by atoms with Crippen LogP contribution < -0.4 is 10.1 Å². The molecule has 2 aromatic heterocycles. The monoisotopic (exact) mass is 378 g/mol. The lowest BCUT2D eigenvalue weighted by Crippen LogP contribution is -2.27. The van der Waals surface area contributed by atoms with Gasteiger partial charge in [0.2, 0.25) is 0 Å². The molecule has 0 fully saturated rings. The normalized spacial score (nSPS) is 13.1. The molecule has 1 N–H and O–H groups in total. The Labute approximate surface area is 164 Å². The van der Waals surface area contributed by atoms with Crippen molar-refractivity contribution in [2.75, 3.05) is 13.7 Å². The Bertz CT molecular complexity index is 1010. The molecule has 28 heavy (non-hydrogen) atoms. The highest BCUT2D eigenvalue weighted by molar-refractivity contribution is 6.07. The molecule has 0 aliphatic heterocycles. The van der Waals surface area contributed by atoms with Crippen molar-refractivity contribution in [3.63, 3.8) is 0 Å². The van der Waals surface area contributed by atoms with Crippen molar-refractivity contribution in [2.24, 2.45) is 0 Å². The Kier molecular flexibility index (Phi) is 5.03. The number of aryl methyl sites for hydroxylation is 1. The summed E-state index contributed by atoms with van der Waals surface area (Å²) in [6.07, 6.45) is 5.46. The van der Waals surface area contributed by atoms with Gasteiger partial charge in [0, 0.05) is 18.3 Å². The Morgan fingerprint density at radius 1 is 1.25 bits per heavy atom. The van der Waals surface area contributed by atoms with E-state index in [2.05, 4.69) is 24.3 Å². The number of methoxy groups -OCH3 is 1. The molecule has 1 aliphatic rings. The van der Waals surface area contributed by atoms with E-state index in [4.69, 9.17) is 9.72 Å². The van der Waals surface area contributed by atoms with Crippen LogP contribution in [-0.2, 0) is 19.3 Å². The first-order chi connectivity index (χ1) is 13.6. The molecule has 146 valence electrons. The van der Waals surface area contributed by atoms with Crippen LogP contribution in [0.5, 0.6) is 5.75 Å². The molecule has 0 bridgehead atoms. The highest BCUT2D eigenvalue weighted by atomic mass is 16.5. The molecule has 6 nitrogen and oxygen atoms in total. The van der Waals surface area contributed by atoms with Crippen molar-refractivity contribution in [2.45, 2.75) is 45.6 Å².